The molecule has 0 spiro atoms. The summed E-state index contributed by atoms with van der Waals surface area (Å²) >= 11 is 0. The van der Waals surface area contributed by atoms with Gasteiger partial charge in [-0.3, -0.25) is 4.79 Å². The maximum absolute atomic E-state index is 11.7. The Morgan fingerprint density at radius 3 is 2.60 bits per heavy atom. The molecule has 6 heteroatoms. The van der Waals surface area contributed by atoms with Gasteiger partial charge in [0.2, 0.25) is 5.91 Å². The lowest BCUT2D eigenvalue weighted by atomic mass is 10.0. The van der Waals surface area contributed by atoms with Crippen molar-refractivity contribution in [3.05, 3.63) is 36.9 Å². The molecular weight excluding hydrogens is 256 g/mol. The molecule has 6 nitrogen and oxygen atoms in total. The summed E-state index contributed by atoms with van der Waals surface area (Å²) in [7, 11) is 0. The summed E-state index contributed by atoms with van der Waals surface area (Å²) in [5, 5.41) is 16.4. The topological polar surface area (TPSA) is 80.0 Å². The number of aromatic nitrogens is 3. The second kappa shape index (κ2) is 6.29. The van der Waals surface area contributed by atoms with E-state index in [1.165, 1.54) is 6.33 Å². The highest BCUT2D eigenvalue weighted by atomic mass is 16.3. The predicted molar refractivity (Wildman–Crippen MR) is 75.5 cm³/mol. The second-order valence-electron chi connectivity index (χ2n) is 4.95. The van der Waals surface area contributed by atoms with E-state index >= 15 is 0 Å². The van der Waals surface area contributed by atoms with Crippen molar-refractivity contribution >= 4 is 11.6 Å². The van der Waals surface area contributed by atoms with Gasteiger partial charge in [0.15, 0.2) is 0 Å². The lowest BCUT2D eigenvalue weighted by Gasteiger charge is -2.14. The zero-order chi connectivity index (χ0) is 14.5. The molecule has 2 rings (SSSR count). The van der Waals surface area contributed by atoms with E-state index in [1.54, 1.807) is 23.1 Å². The molecule has 2 aromatic rings. The second-order valence-corrected chi connectivity index (χ2v) is 4.95. The maximum Gasteiger partial charge on any atom is 0.226 e. The Kier molecular flexibility index (Phi) is 4.47. The SMILES string of the molecule is CC(C)C(O)CC(=O)Nc1ccc(-n2cncn2)cc1. The van der Waals surface area contributed by atoms with E-state index in [4.69, 9.17) is 0 Å². The number of anilines is 1. The normalized spacial score (nSPS) is 12.4. The third kappa shape index (κ3) is 3.64. The van der Waals surface area contributed by atoms with Crippen LogP contribution in [-0.4, -0.2) is 31.9 Å². The van der Waals surface area contributed by atoms with Crippen molar-refractivity contribution in [2.75, 3.05) is 5.32 Å². The average molecular weight is 274 g/mol. The first-order chi connectivity index (χ1) is 9.56. The minimum Gasteiger partial charge on any atom is -0.392 e. The molecule has 1 heterocycles. The van der Waals surface area contributed by atoms with E-state index in [9.17, 15) is 9.90 Å². The summed E-state index contributed by atoms with van der Waals surface area (Å²) in [6.07, 6.45) is 2.54. The maximum atomic E-state index is 11.7. The molecule has 0 saturated carbocycles. The number of benzene rings is 1. The summed E-state index contributed by atoms with van der Waals surface area (Å²) in [6, 6.07) is 7.25. The zero-order valence-corrected chi connectivity index (χ0v) is 11.5. The molecule has 0 aliphatic carbocycles. The van der Waals surface area contributed by atoms with Gasteiger partial charge < -0.3 is 10.4 Å². The summed E-state index contributed by atoms with van der Waals surface area (Å²) in [6.45, 7) is 3.76. The molecule has 0 aliphatic heterocycles. The van der Waals surface area contributed by atoms with Crippen molar-refractivity contribution in [3.63, 3.8) is 0 Å². The number of hydrogen-bond donors (Lipinski definition) is 2. The molecule has 1 amide bonds. The number of amides is 1. The summed E-state index contributed by atoms with van der Waals surface area (Å²) in [4.78, 5) is 15.6. The first-order valence-electron chi connectivity index (χ1n) is 6.49. The molecule has 2 N–H and O–H groups in total. The van der Waals surface area contributed by atoms with Crippen molar-refractivity contribution in [1.29, 1.82) is 0 Å². The van der Waals surface area contributed by atoms with Gasteiger partial charge in [0.1, 0.15) is 12.7 Å². The predicted octanol–water partition coefficient (Wildman–Crippen LogP) is 1.61. The highest BCUT2D eigenvalue weighted by Gasteiger charge is 2.14. The van der Waals surface area contributed by atoms with E-state index in [0.29, 0.717) is 5.69 Å². The molecule has 0 bridgehead atoms. The molecular formula is C14H18N4O2. The van der Waals surface area contributed by atoms with Gasteiger partial charge in [0, 0.05) is 5.69 Å². The summed E-state index contributed by atoms with van der Waals surface area (Å²) in [5.74, 6) is -0.129. The Balaban J connectivity index is 1.95. The van der Waals surface area contributed by atoms with Gasteiger partial charge in [-0.1, -0.05) is 13.8 Å². The lowest BCUT2D eigenvalue weighted by molar-refractivity contribution is -0.118. The number of carbonyl (C=O) groups is 1. The quantitative estimate of drug-likeness (QED) is 0.868. The van der Waals surface area contributed by atoms with E-state index < -0.39 is 6.10 Å². The smallest absolute Gasteiger partial charge is 0.226 e. The number of carbonyl (C=O) groups excluding carboxylic acids is 1. The number of aliphatic hydroxyl groups is 1. The van der Waals surface area contributed by atoms with Crippen LogP contribution in [0, 0.1) is 5.92 Å². The van der Waals surface area contributed by atoms with E-state index in [1.807, 2.05) is 26.0 Å². The van der Waals surface area contributed by atoms with Crippen LogP contribution in [0.5, 0.6) is 0 Å². The minimum atomic E-state index is -0.621. The lowest BCUT2D eigenvalue weighted by Crippen LogP contribution is -2.23. The monoisotopic (exact) mass is 274 g/mol. The molecule has 0 saturated heterocycles. The Bertz CT molecular complexity index is 549. The summed E-state index contributed by atoms with van der Waals surface area (Å²) < 4.78 is 1.63. The molecule has 20 heavy (non-hydrogen) atoms. The number of rotatable bonds is 5. The molecule has 0 radical (unpaired) electrons. The number of hydrogen-bond acceptors (Lipinski definition) is 4. The molecule has 1 atom stereocenters. The van der Waals surface area contributed by atoms with Crippen LogP contribution >= 0.6 is 0 Å². The third-order valence-electron chi connectivity index (χ3n) is 3.00. The molecule has 1 aromatic carbocycles. The highest BCUT2D eigenvalue weighted by molar-refractivity contribution is 5.91. The average Bonchev–Trinajstić information content (AvgIpc) is 2.93. The van der Waals surface area contributed by atoms with Crippen LogP contribution in [0.1, 0.15) is 20.3 Å². The van der Waals surface area contributed by atoms with Gasteiger partial charge in [-0.2, -0.15) is 5.10 Å². The van der Waals surface area contributed by atoms with Gasteiger partial charge >= 0.3 is 0 Å². The molecule has 1 aromatic heterocycles. The Hall–Kier alpha value is -2.21. The van der Waals surface area contributed by atoms with Crippen LogP contribution in [0.15, 0.2) is 36.9 Å². The fraction of sp³-hybridized carbons (Fsp3) is 0.357. The van der Waals surface area contributed by atoms with Gasteiger partial charge in [-0.05, 0) is 30.2 Å². The van der Waals surface area contributed by atoms with Gasteiger partial charge in [0.05, 0.1) is 18.2 Å². The van der Waals surface area contributed by atoms with Crippen LogP contribution in [0.4, 0.5) is 5.69 Å². The van der Waals surface area contributed by atoms with Gasteiger partial charge in [-0.15, -0.1) is 0 Å². The van der Waals surface area contributed by atoms with Crippen molar-refractivity contribution in [2.24, 2.45) is 5.92 Å². The first kappa shape index (κ1) is 14.2. The molecule has 1 unspecified atom stereocenters. The minimum absolute atomic E-state index is 0.0652. The Morgan fingerprint density at radius 1 is 1.35 bits per heavy atom. The van der Waals surface area contributed by atoms with Crippen molar-refractivity contribution in [1.82, 2.24) is 14.8 Å². The fourth-order valence-electron chi connectivity index (χ4n) is 1.68. The van der Waals surface area contributed by atoms with E-state index in [-0.39, 0.29) is 18.2 Å². The number of aliphatic hydroxyl groups excluding tert-OH is 1. The van der Waals surface area contributed by atoms with Crippen molar-refractivity contribution in [3.8, 4) is 5.69 Å². The first-order valence-corrected chi connectivity index (χ1v) is 6.49. The van der Waals surface area contributed by atoms with Crippen LogP contribution in [0.25, 0.3) is 5.69 Å². The molecule has 106 valence electrons. The molecule has 0 fully saturated rings. The van der Waals surface area contributed by atoms with Crippen LogP contribution in [0.2, 0.25) is 0 Å². The van der Waals surface area contributed by atoms with Gasteiger partial charge in [0.25, 0.3) is 0 Å². The fourth-order valence-corrected chi connectivity index (χ4v) is 1.68. The third-order valence-corrected chi connectivity index (χ3v) is 3.00. The molecule has 0 aliphatic rings. The van der Waals surface area contributed by atoms with Crippen LogP contribution in [-0.2, 0) is 4.79 Å². The van der Waals surface area contributed by atoms with Crippen LogP contribution < -0.4 is 5.32 Å². The van der Waals surface area contributed by atoms with Crippen LogP contribution in [0.3, 0.4) is 0 Å². The standard InChI is InChI=1S/C14H18N4O2/c1-10(2)13(19)7-14(20)17-11-3-5-12(6-4-11)18-9-15-8-16-18/h3-6,8-10,13,19H,7H2,1-2H3,(H,17,20). The van der Waals surface area contributed by atoms with Crippen molar-refractivity contribution < 1.29 is 9.90 Å². The largest absolute Gasteiger partial charge is 0.392 e. The van der Waals surface area contributed by atoms with E-state index in [0.717, 1.165) is 5.69 Å². The van der Waals surface area contributed by atoms with E-state index in [2.05, 4.69) is 15.4 Å². The zero-order valence-electron chi connectivity index (χ0n) is 11.5. The Morgan fingerprint density at radius 2 is 2.05 bits per heavy atom. The highest BCUT2D eigenvalue weighted by Crippen LogP contribution is 2.13. The number of nitrogens with zero attached hydrogens (tertiary/aromatic N) is 3. The number of nitrogens with one attached hydrogen (secondary N) is 1. The Labute approximate surface area is 117 Å². The van der Waals surface area contributed by atoms with Crippen molar-refractivity contribution in [2.45, 2.75) is 26.4 Å². The summed E-state index contributed by atoms with van der Waals surface area (Å²) in [5.41, 5.74) is 1.55. The van der Waals surface area contributed by atoms with Gasteiger partial charge in [-0.25, -0.2) is 9.67 Å².